The minimum Gasteiger partial charge on any atom is -0.404 e. The van der Waals surface area contributed by atoms with Crippen LogP contribution < -0.4 is 11.5 Å². The van der Waals surface area contributed by atoms with Crippen molar-refractivity contribution in [3.8, 4) is 0 Å². The lowest BCUT2D eigenvalue weighted by molar-refractivity contribution is 1.12. The van der Waals surface area contributed by atoms with Gasteiger partial charge in [0.15, 0.2) is 0 Å². The minimum atomic E-state index is 0.458. The molecule has 0 saturated heterocycles. The molecule has 0 amide bonds. The topological polar surface area (TPSA) is 64.4 Å². The fourth-order valence-electron chi connectivity index (χ4n) is 0.372. The molecular formula is C6H13N3. The molecule has 0 radical (unpaired) electrons. The quantitative estimate of drug-likeness (QED) is 0.519. The van der Waals surface area contributed by atoms with E-state index in [0.29, 0.717) is 6.54 Å². The zero-order chi connectivity index (χ0) is 7.11. The number of nitrogens with zero attached hydrogens (tertiary/aromatic N) is 1. The van der Waals surface area contributed by atoms with Crippen LogP contribution in [-0.4, -0.2) is 19.3 Å². The summed E-state index contributed by atoms with van der Waals surface area (Å²) in [6.07, 6.45) is 3.17. The van der Waals surface area contributed by atoms with Crippen molar-refractivity contribution in [3.63, 3.8) is 0 Å². The standard InChI is InChI=1S/C6H13N3/c1-2-9-5-6(3-7)4-8/h3,5H,2,4,7-8H2,1H3/b6-3-,9-5?. The summed E-state index contributed by atoms with van der Waals surface area (Å²) in [6.45, 7) is 3.19. The predicted octanol–water partition coefficient (Wildman–Crippen LogP) is -0.122. The molecule has 0 aliphatic heterocycles. The molecule has 0 aromatic heterocycles. The average molecular weight is 127 g/mol. The van der Waals surface area contributed by atoms with Crippen molar-refractivity contribution in [1.82, 2.24) is 0 Å². The van der Waals surface area contributed by atoms with Gasteiger partial charge in [-0.3, -0.25) is 4.99 Å². The number of aliphatic imine (C=N–C) groups is 1. The lowest BCUT2D eigenvalue weighted by atomic mass is 10.3. The Morgan fingerprint density at radius 1 is 1.67 bits per heavy atom. The van der Waals surface area contributed by atoms with Crippen molar-refractivity contribution in [3.05, 3.63) is 11.8 Å². The molecule has 9 heavy (non-hydrogen) atoms. The fourth-order valence-corrected chi connectivity index (χ4v) is 0.372. The molecule has 0 saturated carbocycles. The molecular weight excluding hydrogens is 114 g/mol. The molecule has 0 bridgehead atoms. The Kier molecular flexibility index (Phi) is 4.82. The Balaban J connectivity index is 3.70. The first-order chi connectivity index (χ1) is 4.35. The van der Waals surface area contributed by atoms with Crippen LogP contribution in [0.3, 0.4) is 0 Å². The Hall–Kier alpha value is -0.830. The van der Waals surface area contributed by atoms with E-state index in [1.165, 1.54) is 6.20 Å². The van der Waals surface area contributed by atoms with Gasteiger partial charge in [-0.1, -0.05) is 0 Å². The molecule has 0 unspecified atom stereocenters. The highest BCUT2D eigenvalue weighted by atomic mass is 14.7. The van der Waals surface area contributed by atoms with Gasteiger partial charge in [-0.2, -0.15) is 0 Å². The maximum atomic E-state index is 5.28. The smallest absolute Gasteiger partial charge is 0.0361 e. The van der Waals surface area contributed by atoms with E-state index in [2.05, 4.69) is 4.99 Å². The molecule has 4 N–H and O–H groups in total. The summed E-state index contributed by atoms with van der Waals surface area (Å²) in [5, 5.41) is 0. The maximum Gasteiger partial charge on any atom is 0.0361 e. The molecule has 52 valence electrons. The van der Waals surface area contributed by atoms with Gasteiger partial charge in [-0.05, 0) is 18.7 Å². The molecule has 0 aromatic rings. The van der Waals surface area contributed by atoms with Gasteiger partial charge in [0.25, 0.3) is 0 Å². The van der Waals surface area contributed by atoms with E-state index < -0.39 is 0 Å². The minimum absolute atomic E-state index is 0.458. The molecule has 3 nitrogen and oxygen atoms in total. The Morgan fingerprint density at radius 2 is 2.33 bits per heavy atom. The normalized spacial score (nSPS) is 12.9. The molecule has 0 spiro atoms. The van der Waals surface area contributed by atoms with Gasteiger partial charge < -0.3 is 11.5 Å². The molecule has 0 aromatic carbocycles. The maximum absolute atomic E-state index is 5.28. The largest absolute Gasteiger partial charge is 0.404 e. The fraction of sp³-hybridized carbons (Fsp3) is 0.500. The third-order valence-corrected chi connectivity index (χ3v) is 0.889. The van der Waals surface area contributed by atoms with Crippen LogP contribution in [0, 0.1) is 0 Å². The van der Waals surface area contributed by atoms with Crippen molar-refractivity contribution < 1.29 is 0 Å². The number of nitrogens with two attached hydrogens (primary N) is 2. The Labute approximate surface area is 55.4 Å². The summed E-state index contributed by atoms with van der Waals surface area (Å²) in [4.78, 5) is 3.96. The lowest BCUT2D eigenvalue weighted by Crippen LogP contribution is -2.06. The SMILES string of the molecule is CCN=C/C(=C\N)CN. The van der Waals surface area contributed by atoms with Crippen LogP contribution in [0.25, 0.3) is 0 Å². The van der Waals surface area contributed by atoms with Crippen LogP contribution in [0.1, 0.15) is 6.92 Å². The molecule has 0 atom stereocenters. The molecule has 3 heteroatoms. The van der Waals surface area contributed by atoms with E-state index in [4.69, 9.17) is 11.5 Å². The summed E-state index contributed by atoms with van der Waals surface area (Å²) in [7, 11) is 0. The van der Waals surface area contributed by atoms with E-state index in [1.807, 2.05) is 6.92 Å². The van der Waals surface area contributed by atoms with E-state index in [-0.39, 0.29) is 0 Å². The third-order valence-electron chi connectivity index (χ3n) is 0.889. The first-order valence-corrected chi connectivity index (χ1v) is 2.95. The van der Waals surface area contributed by atoms with Gasteiger partial charge in [0.1, 0.15) is 0 Å². The monoisotopic (exact) mass is 127 g/mol. The second kappa shape index (κ2) is 5.31. The summed E-state index contributed by atoms with van der Waals surface area (Å²) in [6, 6.07) is 0. The summed E-state index contributed by atoms with van der Waals surface area (Å²) < 4.78 is 0. The number of rotatable bonds is 3. The van der Waals surface area contributed by atoms with Crippen molar-refractivity contribution >= 4 is 6.21 Å². The Morgan fingerprint density at radius 3 is 2.67 bits per heavy atom. The van der Waals surface area contributed by atoms with E-state index in [1.54, 1.807) is 6.21 Å². The van der Waals surface area contributed by atoms with Gasteiger partial charge in [-0.15, -0.1) is 0 Å². The summed E-state index contributed by atoms with van der Waals surface area (Å²) in [5.74, 6) is 0. The molecule has 0 fully saturated rings. The van der Waals surface area contributed by atoms with Crippen LogP contribution in [0.4, 0.5) is 0 Å². The highest BCUT2D eigenvalue weighted by molar-refractivity contribution is 5.78. The van der Waals surface area contributed by atoms with Crippen molar-refractivity contribution in [2.24, 2.45) is 16.5 Å². The van der Waals surface area contributed by atoms with Gasteiger partial charge in [-0.25, -0.2) is 0 Å². The molecule has 0 aliphatic carbocycles. The first-order valence-electron chi connectivity index (χ1n) is 2.95. The number of hydrogen-bond donors (Lipinski definition) is 2. The number of hydrogen-bond acceptors (Lipinski definition) is 3. The van der Waals surface area contributed by atoms with Crippen molar-refractivity contribution in [2.75, 3.05) is 13.1 Å². The van der Waals surface area contributed by atoms with E-state index in [9.17, 15) is 0 Å². The zero-order valence-electron chi connectivity index (χ0n) is 5.67. The lowest BCUT2D eigenvalue weighted by Gasteiger charge is -1.90. The highest BCUT2D eigenvalue weighted by Gasteiger charge is 1.82. The van der Waals surface area contributed by atoms with Crippen LogP contribution in [0.5, 0.6) is 0 Å². The van der Waals surface area contributed by atoms with Gasteiger partial charge in [0.05, 0.1) is 0 Å². The average Bonchev–Trinajstić information content (AvgIpc) is 1.91. The summed E-state index contributed by atoms with van der Waals surface area (Å²) in [5.41, 5.74) is 11.3. The van der Waals surface area contributed by atoms with Crippen LogP contribution >= 0.6 is 0 Å². The van der Waals surface area contributed by atoms with Crippen LogP contribution in [0.2, 0.25) is 0 Å². The molecule has 0 rings (SSSR count). The second-order valence-corrected chi connectivity index (χ2v) is 1.57. The predicted molar refractivity (Wildman–Crippen MR) is 40.4 cm³/mol. The molecule has 0 aliphatic rings. The Bertz CT molecular complexity index is 115. The highest BCUT2D eigenvalue weighted by Crippen LogP contribution is 1.81. The van der Waals surface area contributed by atoms with Crippen LogP contribution in [-0.2, 0) is 0 Å². The molecule has 0 heterocycles. The van der Waals surface area contributed by atoms with Crippen LogP contribution in [0.15, 0.2) is 16.8 Å². The van der Waals surface area contributed by atoms with E-state index >= 15 is 0 Å². The van der Waals surface area contributed by atoms with Gasteiger partial charge in [0, 0.05) is 19.3 Å². The van der Waals surface area contributed by atoms with Crippen molar-refractivity contribution in [2.45, 2.75) is 6.92 Å². The van der Waals surface area contributed by atoms with Gasteiger partial charge in [0.2, 0.25) is 0 Å². The van der Waals surface area contributed by atoms with Gasteiger partial charge >= 0.3 is 0 Å². The third kappa shape index (κ3) is 3.73. The second-order valence-electron chi connectivity index (χ2n) is 1.57. The zero-order valence-corrected chi connectivity index (χ0v) is 5.67. The van der Waals surface area contributed by atoms with E-state index in [0.717, 1.165) is 12.1 Å². The first kappa shape index (κ1) is 8.17. The van der Waals surface area contributed by atoms with Crippen molar-refractivity contribution in [1.29, 1.82) is 0 Å². The summed E-state index contributed by atoms with van der Waals surface area (Å²) >= 11 is 0.